The van der Waals surface area contributed by atoms with Crippen molar-refractivity contribution in [2.75, 3.05) is 11.9 Å². The van der Waals surface area contributed by atoms with Gasteiger partial charge in [-0.25, -0.2) is 4.79 Å². The molecular formula is C18H21NO7. The Hall–Kier alpha value is -1.97. The lowest BCUT2D eigenvalue weighted by atomic mass is 9.96. The number of benzene rings is 1. The van der Waals surface area contributed by atoms with E-state index in [1.165, 1.54) is 6.07 Å². The van der Waals surface area contributed by atoms with Crippen molar-refractivity contribution in [2.45, 2.75) is 49.4 Å². The number of hydrogen-bond acceptors (Lipinski definition) is 8. The van der Waals surface area contributed by atoms with Gasteiger partial charge in [0.05, 0.1) is 6.61 Å². The number of nitrogens with one attached hydrogen (secondary N) is 1. The minimum absolute atomic E-state index is 0.390. The van der Waals surface area contributed by atoms with Gasteiger partial charge in [-0.2, -0.15) is 0 Å². The Labute approximate surface area is 148 Å². The minimum Gasteiger partial charge on any atom is -0.423 e. The molecule has 1 aromatic carbocycles. The zero-order valence-corrected chi connectivity index (χ0v) is 13.9. The molecule has 1 aliphatic heterocycles. The molecule has 26 heavy (non-hydrogen) atoms. The fourth-order valence-electron chi connectivity index (χ4n) is 3.46. The van der Waals surface area contributed by atoms with Crippen molar-refractivity contribution in [3.8, 4) is 0 Å². The third-order valence-electron chi connectivity index (χ3n) is 5.03. The SMILES string of the molecule is O=c1cc(C2CC2)c2ccc(NC3[C@@H](O)OC(CO)[C@H](O)[C@H]3O)cc2o1. The topological polar surface area (TPSA) is 132 Å². The Balaban J connectivity index is 1.62. The number of fused-ring (bicyclic) bond motifs is 1. The molecule has 2 heterocycles. The summed E-state index contributed by atoms with van der Waals surface area (Å²) < 4.78 is 10.4. The molecule has 0 amide bonds. The third-order valence-corrected chi connectivity index (χ3v) is 5.03. The molecule has 1 saturated carbocycles. The summed E-state index contributed by atoms with van der Waals surface area (Å²) in [6.07, 6.45) is -3.07. The first-order valence-corrected chi connectivity index (χ1v) is 8.63. The van der Waals surface area contributed by atoms with Crippen LogP contribution in [0.2, 0.25) is 0 Å². The average molecular weight is 363 g/mol. The zero-order valence-electron chi connectivity index (χ0n) is 13.9. The van der Waals surface area contributed by atoms with Crippen LogP contribution in [0.4, 0.5) is 5.69 Å². The van der Waals surface area contributed by atoms with Crippen LogP contribution in [0.5, 0.6) is 0 Å². The molecule has 5 atom stereocenters. The highest BCUT2D eigenvalue weighted by molar-refractivity contribution is 5.84. The van der Waals surface area contributed by atoms with Gasteiger partial charge in [0.2, 0.25) is 0 Å². The Bertz CT molecular complexity index is 862. The summed E-state index contributed by atoms with van der Waals surface area (Å²) in [6.45, 7) is -0.521. The van der Waals surface area contributed by atoms with Gasteiger partial charge < -0.3 is 34.9 Å². The van der Waals surface area contributed by atoms with Gasteiger partial charge in [-0.1, -0.05) is 0 Å². The molecule has 5 N–H and O–H groups in total. The van der Waals surface area contributed by atoms with E-state index in [1.54, 1.807) is 12.1 Å². The van der Waals surface area contributed by atoms with E-state index in [0.29, 0.717) is 17.2 Å². The molecule has 0 bridgehead atoms. The van der Waals surface area contributed by atoms with Crippen LogP contribution in [0.25, 0.3) is 11.0 Å². The molecule has 140 valence electrons. The minimum atomic E-state index is -1.42. The van der Waals surface area contributed by atoms with Crippen molar-refractivity contribution >= 4 is 16.7 Å². The van der Waals surface area contributed by atoms with Gasteiger partial charge in [-0.05, 0) is 36.5 Å². The van der Waals surface area contributed by atoms with Gasteiger partial charge in [0.25, 0.3) is 0 Å². The van der Waals surface area contributed by atoms with Crippen molar-refractivity contribution in [1.82, 2.24) is 0 Å². The summed E-state index contributed by atoms with van der Waals surface area (Å²) in [5, 5.41) is 43.1. The first kappa shape index (κ1) is 17.4. The highest BCUT2D eigenvalue weighted by atomic mass is 16.6. The van der Waals surface area contributed by atoms with E-state index in [1.807, 2.05) is 6.07 Å². The largest absolute Gasteiger partial charge is 0.423 e. The summed E-state index contributed by atoms with van der Waals surface area (Å²) >= 11 is 0. The van der Waals surface area contributed by atoms with E-state index < -0.39 is 42.9 Å². The molecule has 2 aliphatic rings. The van der Waals surface area contributed by atoms with Crippen LogP contribution >= 0.6 is 0 Å². The highest BCUT2D eigenvalue weighted by Crippen LogP contribution is 2.42. The number of rotatable bonds is 4. The van der Waals surface area contributed by atoms with Crippen LogP contribution in [0.15, 0.2) is 33.5 Å². The third kappa shape index (κ3) is 3.10. The fraction of sp³-hybridized carbons (Fsp3) is 0.500. The quantitative estimate of drug-likeness (QED) is 0.475. The lowest BCUT2D eigenvalue weighted by molar-refractivity contribution is -0.245. The fourth-order valence-corrected chi connectivity index (χ4v) is 3.46. The van der Waals surface area contributed by atoms with E-state index in [9.17, 15) is 20.1 Å². The van der Waals surface area contributed by atoms with Crippen LogP contribution in [-0.4, -0.2) is 57.7 Å². The van der Waals surface area contributed by atoms with Crippen molar-refractivity contribution < 1.29 is 29.6 Å². The van der Waals surface area contributed by atoms with E-state index in [0.717, 1.165) is 23.8 Å². The second-order valence-electron chi connectivity index (χ2n) is 6.90. The van der Waals surface area contributed by atoms with Crippen LogP contribution in [0.3, 0.4) is 0 Å². The van der Waals surface area contributed by atoms with Crippen LogP contribution in [0, 0.1) is 0 Å². The monoisotopic (exact) mass is 363 g/mol. The zero-order chi connectivity index (χ0) is 18.4. The Morgan fingerprint density at radius 2 is 1.88 bits per heavy atom. The van der Waals surface area contributed by atoms with Crippen LogP contribution < -0.4 is 10.9 Å². The van der Waals surface area contributed by atoms with Gasteiger partial charge in [-0.3, -0.25) is 0 Å². The Morgan fingerprint density at radius 1 is 1.12 bits per heavy atom. The van der Waals surface area contributed by atoms with Gasteiger partial charge in [-0.15, -0.1) is 0 Å². The molecule has 8 nitrogen and oxygen atoms in total. The first-order chi connectivity index (χ1) is 12.5. The molecule has 2 aromatic rings. The smallest absolute Gasteiger partial charge is 0.336 e. The molecular weight excluding hydrogens is 342 g/mol. The van der Waals surface area contributed by atoms with Gasteiger partial charge in [0, 0.05) is 23.2 Å². The summed E-state index contributed by atoms with van der Waals surface area (Å²) in [7, 11) is 0. The van der Waals surface area contributed by atoms with Crippen LogP contribution in [0.1, 0.15) is 24.3 Å². The molecule has 0 spiro atoms. The number of hydrogen-bond donors (Lipinski definition) is 5. The standard InChI is InChI=1S/C18H21NO7/c20-7-13-16(22)17(23)15(18(24)26-13)19-9-3-4-10-11(8-1-2-8)6-14(21)25-12(10)5-9/h3-6,8,13,15-20,22-24H,1-2,7H2/t13?,15?,16-,17-,18-/m0/s1. The van der Waals surface area contributed by atoms with E-state index >= 15 is 0 Å². The number of ether oxygens (including phenoxy) is 1. The maximum Gasteiger partial charge on any atom is 0.336 e. The number of aliphatic hydroxyl groups excluding tert-OH is 4. The molecule has 4 rings (SSSR count). The maximum absolute atomic E-state index is 11.8. The van der Waals surface area contributed by atoms with Crippen molar-refractivity contribution in [3.05, 3.63) is 40.2 Å². The lowest BCUT2D eigenvalue weighted by Crippen LogP contribution is -2.61. The molecule has 2 unspecified atom stereocenters. The van der Waals surface area contributed by atoms with Crippen molar-refractivity contribution in [3.63, 3.8) is 0 Å². The molecule has 1 saturated heterocycles. The molecule has 2 fully saturated rings. The lowest BCUT2D eigenvalue weighted by Gasteiger charge is -2.40. The number of anilines is 1. The second kappa shape index (κ2) is 6.64. The predicted molar refractivity (Wildman–Crippen MR) is 91.8 cm³/mol. The maximum atomic E-state index is 11.8. The summed E-state index contributed by atoms with van der Waals surface area (Å²) in [5.41, 5.74) is 1.47. The highest BCUT2D eigenvalue weighted by Gasteiger charge is 2.43. The number of aliphatic hydroxyl groups is 4. The van der Waals surface area contributed by atoms with Gasteiger partial charge in [0.1, 0.15) is 29.9 Å². The van der Waals surface area contributed by atoms with Crippen molar-refractivity contribution in [2.24, 2.45) is 0 Å². The Kier molecular flexibility index (Phi) is 4.45. The molecule has 1 aromatic heterocycles. The normalized spacial score (nSPS) is 31.9. The van der Waals surface area contributed by atoms with Gasteiger partial charge >= 0.3 is 5.63 Å². The molecule has 0 radical (unpaired) electrons. The van der Waals surface area contributed by atoms with Crippen molar-refractivity contribution in [1.29, 1.82) is 0 Å². The molecule has 1 aliphatic carbocycles. The summed E-state index contributed by atoms with van der Waals surface area (Å²) in [6, 6.07) is 5.71. The summed E-state index contributed by atoms with van der Waals surface area (Å²) in [4.78, 5) is 11.8. The molecule has 8 heteroatoms. The second-order valence-corrected chi connectivity index (χ2v) is 6.90. The van der Waals surface area contributed by atoms with E-state index in [4.69, 9.17) is 14.3 Å². The average Bonchev–Trinajstić information content (AvgIpc) is 3.45. The van der Waals surface area contributed by atoms with E-state index in [2.05, 4.69) is 5.32 Å². The van der Waals surface area contributed by atoms with Crippen LogP contribution in [-0.2, 0) is 4.74 Å². The first-order valence-electron chi connectivity index (χ1n) is 8.63. The Morgan fingerprint density at radius 3 is 2.58 bits per heavy atom. The van der Waals surface area contributed by atoms with E-state index in [-0.39, 0.29) is 0 Å². The predicted octanol–water partition coefficient (Wildman–Crippen LogP) is -0.118. The summed E-state index contributed by atoms with van der Waals surface area (Å²) in [5.74, 6) is 0.390. The van der Waals surface area contributed by atoms with Gasteiger partial charge in [0.15, 0.2) is 6.29 Å².